The first-order valence-electron chi connectivity index (χ1n) is 23.2. The van der Waals surface area contributed by atoms with Gasteiger partial charge in [0.1, 0.15) is 0 Å². The van der Waals surface area contributed by atoms with E-state index in [0.717, 1.165) is 41.3 Å². The Hall–Kier alpha value is -8.20. The van der Waals surface area contributed by atoms with Gasteiger partial charge in [0.2, 0.25) is 0 Å². The molecule has 0 bridgehead atoms. The van der Waals surface area contributed by atoms with Crippen LogP contribution < -0.4 is 9.80 Å². The molecule has 2 heteroatoms. The second kappa shape index (κ2) is 17.1. The standard InChI is InChI=1S/C64H48N2/c1-5-19-48(20-6-1)63-59-39-37-57(65(53-23-7-2-8-24-53)54-25-9-3-10-26-54)43-62(59)64(49-32-29-47(30-33-49)52-34-31-45-17-13-15-21-50(45)41-52)60-40-38-58(44-61(60)63)66(55-27-11-4-12-28-55)56-36-35-46-18-14-16-22-51(46)42-56/h1-40,43-44,50-51H,41-42H2. The predicted molar refractivity (Wildman–Crippen MR) is 281 cm³/mol. The van der Waals surface area contributed by atoms with Gasteiger partial charge in [-0.3, -0.25) is 0 Å². The van der Waals surface area contributed by atoms with Gasteiger partial charge in [0.05, 0.1) is 0 Å². The van der Waals surface area contributed by atoms with E-state index in [2.05, 4.69) is 265 Å². The molecule has 0 aliphatic heterocycles. The highest BCUT2D eigenvalue weighted by molar-refractivity contribution is 6.22. The van der Waals surface area contributed by atoms with Crippen molar-refractivity contribution in [2.45, 2.75) is 12.8 Å². The highest BCUT2D eigenvalue weighted by Crippen LogP contribution is 2.49. The number of anilines is 5. The van der Waals surface area contributed by atoms with E-state index in [4.69, 9.17) is 0 Å². The number of rotatable bonds is 9. The third-order valence-electron chi connectivity index (χ3n) is 13.7. The molecule has 0 fully saturated rings. The lowest BCUT2D eigenvalue weighted by Crippen LogP contribution is -2.21. The van der Waals surface area contributed by atoms with Crippen LogP contribution >= 0.6 is 0 Å². The average molecular weight is 845 g/mol. The lowest BCUT2D eigenvalue weighted by molar-refractivity contribution is 0.732. The Kier molecular flexibility index (Phi) is 10.2. The van der Waals surface area contributed by atoms with Crippen LogP contribution in [0.4, 0.5) is 28.4 Å². The zero-order valence-electron chi connectivity index (χ0n) is 36.7. The normalized spacial score (nSPS) is 17.1. The van der Waals surface area contributed by atoms with Crippen LogP contribution in [0.2, 0.25) is 0 Å². The van der Waals surface area contributed by atoms with E-state index in [1.165, 1.54) is 71.8 Å². The predicted octanol–water partition coefficient (Wildman–Crippen LogP) is 17.3. The summed E-state index contributed by atoms with van der Waals surface area (Å²) >= 11 is 0. The Morgan fingerprint density at radius 3 is 1.35 bits per heavy atom. The van der Waals surface area contributed by atoms with E-state index in [1.54, 1.807) is 0 Å². The van der Waals surface area contributed by atoms with Crippen molar-refractivity contribution in [2.75, 3.05) is 9.80 Å². The van der Waals surface area contributed by atoms with Gasteiger partial charge in [-0.05, 0) is 146 Å². The zero-order chi connectivity index (χ0) is 43.8. The van der Waals surface area contributed by atoms with Crippen molar-refractivity contribution in [1.29, 1.82) is 0 Å². The molecule has 2 atom stereocenters. The Balaban J connectivity index is 1.11. The van der Waals surface area contributed by atoms with Crippen molar-refractivity contribution in [3.8, 4) is 22.3 Å². The summed E-state index contributed by atoms with van der Waals surface area (Å²) in [6, 6.07) is 67.0. The quantitative estimate of drug-likeness (QED) is 0.134. The summed E-state index contributed by atoms with van der Waals surface area (Å²) in [4.78, 5) is 4.85. The molecule has 0 amide bonds. The van der Waals surface area contributed by atoms with Gasteiger partial charge in [0.15, 0.2) is 0 Å². The lowest BCUT2D eigenvalue weighted by Gasteiger charge is -2.33. The molecule has 314 valence electrons. The minimum atomic E-state index is 0.346. The summed E-state index contributed by atoms with van der Waals surface area (Å²) in [5, 5.41) is 4.87. The average Bonchev–Trinajstić information content (AvgIpc) is 3.39. The first kappa shape index (κ1) is 39.4. The van der Waals surface area contributed by atoms with Crippen molar-refractivity contribution in [2.24, 2.45) is 11.8 Å². The molecule has 0 saturated heterocycles. The van der Waals surface area contributed by atoms with Crippen molar-refractivity contribution < 1.29 is 0 Å². The van der Waals surface area contributed by atoms with E-state index < -0.39 is 0 Å². The van der Waals surface area contributed by atoms with E-state index in [1.807, 2.05) is 0 Å². The van der Waals surface area contributed by atoms with Crippen molar-refractivity contribution >= 4 is 55.6 Å². The maximum atomic E-state index is 2.47. The molecule has 2 unspecified atom stereocenters. The number of hydrogen-bond acceptors (Lipinski definition) is 2. The molecule has 0 heterocycles. The van der Waals surface area contributed by atoms with E-state index in [9.17, 15) is 0 Å². The third-order valence-corrected chi connectivity index (χ3v) is 13.7. The molecule has 0 saturated carbocycles. The topological polar surface area (TPSA) is 6.48 Å². The van der Waals surface area contributed by atoms with E-state index >= 15 is 0 Å². The fourth-order valence-corrected chi connectivity index (χ4v) is 10.5. The summed E-state index contributed by atoms with van der Waals surface area (Å²) in [7, 11) is 0. The fraction of sp³-hybridized carbons (Fsp3) is 0.0625. The summed E-state index contributed by atoms with van der Waals surface area (Å²) in [5.41, 5.74) is 17.2. The van der Waals surface area contributed by atoms with Crippen LogP contribution in [0.25, 0.3) is 49.4 Å². The summed E-state index contributed by atoms with van der Waals surface area (Å²) in [6.45, 7) is 0. The Morgan fingerprint density at radius 1 is 0.333 bits per heavy atom. The Labute approximate surface area is 387 Å². The molecule has 12 rings (SSSR count). The SMILES string of the molecule is C1=CC2=CC=C(c3ccc(-c4c5ccc(N(C6=CC=C7C=CC=CC7C6)c6ccccc6)cc5c(-c5ccccc5)c5ccc(N(c6ccccc6)c6ccccc6)cc45)cc3)CC2C=C1. The van der Waals surface area contributed by atoms with Crippen LogP contribution in [0.15, 0.2) is 272 Å². The van der Waals surface area contributed by atoms with Crippen molar-refractivity contribution in [3.05, 3.63) is 277 Å². The molecule has 0 N–H and O–H groups in total. The van der Waals surface area contributed by atoms with Gasteiger partial charge < -0.3 is 9.80 Å². The second-order valence-electron chi connectivity index (χ2n) is 17.6. The molecule has 8 aromatic rings. The van der Waals surface area contributed by atoms with Crippen LogP contribution in [0.5, 0.6) is 0 Å². The molecule has 8 aromatic carbocycles. The zero-order valence-corrected chi connectivity index (χ0v) is 36.7. The van der Waals surface area contributed by atoms with Crippen molar-refractivity contribution in [3.63, 3.8) is 0 Å². The maximum absolute atomic E-state index is 2.47. The molecule has 4 aliphatic rings. The summed E-state index contributed by atoms with van der Waals surface area (Å²) < 4.78 is 0. The van der Waals surface area contributed by atoms with Crippen LogP contribution in [-0.4, -0.2) is 0 Å². The number of benzene rings is 8. The number of hydrogen-bond donors (Lipinski definition) is 0. The molecular formula is C64H48N2. The minimum Gasteiger partial charge on any atom is -0.314 e. The summed E-state index contributed by atoms with van der Waals surface area (Å²) in [5.74, 6) is 0.769. The number of fused-ring (bicyclic) bond motifs is 4. The molecule has 0 spiro atoms. The van der Waals surface area contributed by atoms with Gasteiger partial charge in [-0.15, -0.1) is 0 Å². The highest BCUT2D eigenvalue weighted by atomic mass is 15.2. The van der Waals surface area contributed by atoms with Crippen LogP contribution in [-0.2, 0) is 0 Å². The number of allylic oxidation sites excluding steroid dienone is 16. The van der Waals surface area contributed by atoms with Gasteiger partial charge in [0.25, 0.3) is 0 Å². The lowest BCUT2D eigenvalue weighted by atomic mass is 9.81. The van der Waals surface area contributed by atoms with Gasteiger partial charge in [-0.1, -0.05) is 188 Å². The number of nitrogens with zero attached hydrogens (tertiary/aromatic N) is 2. The van der Waals surface area contributed by atoms with Gasteiger partial charge >= 0.3 is 0 Å². The maximum Gasteiger partial charge on any atom is 0.0468 e. The second-order valence-corrected chi connectivity index (χ2v) is 17.6. The molecule has 0 aromatic heterocycles. The minimum absolute atomic E-state index is 0.346. The summed E-state index contributed by atoms with van der Waals surface area (Å²) in [6.07, 6.45) is 29.0. The smallest absolute Gasteiger partial charge is 0.0468 e. The Bertz CT molecular complexity index is 3340. The highest BCUT2D eigenvalue weighted by Gasteiger charge is 2.26. The van der Waals surface area contributed by atoms with Gasteiger partial charge in [-0.2, -0.15) is 0 Å². The first-order valence-corrected chi connectivity index (χ1v) is 23.2. The number of para-hydroxylation sites is 3. The first-order chi connectivity index (χ1) is 32.7. The van der Waals surface area contributed by atoms with Crippen LogP contribution in [0, 0.1) is 11.8 Å². The molecular weight excluding hydrogens is 797 g/mol. The molecule has 2 nitrogen and oxygen atoms in total. The van der Waals surface area contributed by atoms with E-state index in [0.29, 0.717) is 11.8 Å². The van der Waals surface area contributed by atoms with Crippen LogP contribution in [0.1, 0.15) is 18.4 Å². The molecule has 4 aliphatic carbocycles. The van der Waals surface area contributed by atoms with Gasteiger partial charge in [0, 0.05) is 46.0 Å². The monoisotopic (exact) mass is 844 g/mol. The van der Waals surface area contributed by atoms with Crippen molar-refractivity contribution in [1.82, 2.24) is 0 Å². The van der Waals surface area contributed by atoms with Crippen LogP contribution in [0.3, 0.4) is 0 Å². The van der Waals surface area contributed by atoms with E-state index in [-0.39, 0.29) is 0 Å². The fourth-order valence-electron chi connectivity index (χ4n) is 10.5. The molecule has 66 heavy (non-hydrogen) atoms. The van der Waals surface area contributed by atoms with Gasteiger partial charge in [-0.25, -0.2) is 0 Å². The molecule has 0 radical (unpaired) electrons. The largest absolute Gasteiger partial charge is 0.314 e. The third kappa shape index (κ3) is 7.27. The Morgan fingerprint density at radius 2 is 0.788 bits per heavy atom.